The van der Waals surface area contributed by atoms with Crippen LogP contribution in [-0.4, -0.2) is 57.2 Å². The number of hydrogen-bond donors (Lipinski definition) is 3. The van der Waals surface area contributed by atoms with E-state index in [1.165, 1.54) is 18.0 Å². The number of likely N-dealkylation sites (tertiary alicyclic amines) is 1. The first-order valence-electron chi connectivity index (χ1n) is 11.6. The number of pyridine rings is 1. The van der Waals surface area contributed by atoms with Crippen LogP contribution in [0.3, 0.4) is 0 Å². The van der Waals surface area contributed by atoms with Gasteiger partial charge in [-0.25, -0.2) is 14.4 Å². The molecule has 0 bridgehead atoms. The van der Waals surface area contributed by atoms with Crippen LogP contribution in [0.25, 0.3) is 11.3 Å². The summed E-state index contributed by atoms with van der Waals surface area (Å²) < 4.78 is 24.0. The molecule has 4 aromatic rings. The molecule has 0 spiro atoms. The van der Waals surface area contributed by atoms with Gasteiger partial charge < -0.3 is 19.9 Å². The van der Waals surface area contributed by atoms with E-state index in [1.54, 1.807) is 48.9 Å². The number of nitrogens with one attached hydrogen (secondary N) is 2. The van der Waals surface area contributed by atoms with Crippen molar-refractivity contribution in [3.8, 4) is 22.8 Å². The second-order valence-corrected chi connectivity index (χ2v) is 9.60. The van der Waals surface area contributed by atoms with Crippen LogP contribution >= 0.6 is 23.5 Å². The molecule has 3 N–H and O–H groups in total. The summed E-state index contributed by atoms with van der Waals surface area (Å²) >= 11 is 7.48. The topological polar surface area (TPSA) is 95.4 Å². The van der Waals surface area contributed by atoms with E-state index in [1.807, 2.05) is 18.2 Å². The fourth-order valence-corrected chi connectivity index (χ4v) is 4.73. The third-order valence-corrected chi connectivity index (χ3v) is 7.04. The average molecular weight is 539 g/mol. The standard InChI is InChI=1S/C26H24ClFN6O2S/c27-20-3-1-2-4-25(20)37-33-17-5-6-24(21(28)13-17)36-23-8-9-29-14-19(23)22-7-10-30-26(32-22)31-18-15-34(16-18)11-12-35/h1-10,13-14,18,33,35H,11-12,15-16H2,(H,30,31,32). The average Bonchev–Trinajstić information content (AvgIpc) is 2.89. The Kier molecular flexibility index (Phi) is 8.00. The van der Waals surface area contributed by atoms with Crippen LogP contribution in [0.5, 0.6) is 11.5 Å². The van der Waals surface area contributed by atoms with E-state index < -0.39 is 5.82 Å². The lowest BCUT2D eigenvalue weighted by Crippen LogP contribution is -2.55. The van der Waals surface area contributed by atoms with E-state index in [0.29, 0.717) is 40.2 Å². The number of aliphatic hydroxyl groups excluding tert-OH is 1. The van der Waals surface area contributed by atoms with Gasteiger partial charge in [-0.3, -0.25) is 9.88 Å². The summed E-state index contributed by atoms with van der Waals surface area (Å²) in [5.74, 6) is 0.461. The highest BCUT2D eigenvalue weighted by Crippen LogP contribution is 2.35. The molecule has 0 amide bonds. The molecule has 11 heteroatoms. The second kappa shape index (κ2) is 11.7. The Morgan fingerprint density at radius 1 is 1.11 bits per heavy atom. The molecular weight excluding hydrogens is 515 g/mol. The van der Waals surface area contributed by atoms with Crippen LogP contribution in [-0.2, 0) is 0 Å². The number of aliphatic hydroxyl groups is 1. The number of benzene rings is 2. The van der Waals surface area contributed by atoms with Crippen molar-refractivity contribution >= 4 is 35.2 Å². The summed E-state index contributed by atoms with van der Waals surface area (Å²) in [7, 11) is 0. The Bertz CT molecular complexity index is 1370. The first-order valence-corrected chi connectivity index (χ1v) is 12.8. The normalized spacial score (nSPS) is 13.7. The van der Waals surface area contributed by atoms with Crippen LogP contribution in [0.15, 0.2) is 78.1 Å². The zero-order chi connectivity index (χ0) is 25.6. The second-order valence-electron chi connectivity index (χ2n) is 8.34. The molecular formula is C26H24ClFN6O2S. The highest BCUT2D eigenvalue weighted by molar-refractivity contribution is 8.00. The molecule has 2 aromatic heterocycles. The zero-order valence-electron chi connectivity index (χ0n) is 19.6. The Morgan fingerprint density at radius 3 is 2.78 bits per heavy atom. The largest absolute Gasteiger partial charge is 0.453 e. The van der Waals surface area contributed by atoms with Gasteiger partial charge in [0.25, 0.3) is 0 Å². The molecule has 0 unspecified atom stereocenters. The number of hydrogen-bond acceptors (Lipinski definition) is 9. The Morgan fingerprint density at radius 2 is 1.97 bits per heavy atom. The number of anilines is 2. The maximum Gasteiger partial charge on any atom is 0.223 e. The number of halogens is 2. The molecule has 0 saturated carbocycles. The first-order chi connectivity index (χ1) is 18.1. The molecule has 190 valence electrons. The molecule has 3 heterocycles. The smallest absolute Gasteiger partial charge is 0.223 e. The van der Waals surface area contributed by atoms with Gasteiger partial charge in [-0.1, -0.05) is 23.7 Å². The summed E-state index contributed by atoms with van der Waals surface area (Å²) in [5.41, 5.74) is 1.78. The number of β-amino-alcohol motifs (C(OH)–C–C–N with tert-alkyl or cyclic N) is 1. The highest BCUT2D eigenvalue weighted by atomic mass is 35.5. The van der Waals surface area contributed by atoms with Crippen LogP contribution in [0.1, 0.15) is 0 Å². The molecule has 8 nitrogen and oxygen atoms in total. The van der Waals surface area contributed by atoms with Gasteiger partial charge in [0.1, 0.15) is 5.75 Å². The maximum absolute atomic E-state index is 14.9. The lowest BCUT2D eigenvalue weighted by molar-refractivity contribution is 0.125. The van der Waals surface area contributed by atoms with Crippen molar-refractivity contribution in [3.05, 3.63) is 84.0 Å². The third kappa shape index (κ3) is 6.28. The van der Waals surface area contributed by atoms with Crippen molar-refractivity contribution in [1.29, 1.82) is 0 Å². The van der Waals surface area contributed by atoms with Gasteiger partial charge in [-0.2, -0.15) is 0 Å². The number of nitrogens with zero attached hydrogens (tertiary/aromatic N) is 4. The van der Waals surface area contributed by atoms with Crippen molar-refractivity contribution in [3.63, 3.8) is 0 Å². The lowest BCUT2D eigenvalue weighted by Gasteiger charge is -2.39. The van der Waals surface area contributed by atoms with Crippen LogP contribution < -0.4 is 14.8 Å². The van der Waals surface area contributed by atoms with Gasteiger partial charge in [0.2, 0.25) is 5.95 Å². The predicted octanol–water partition coefficient (Wildman–Crippen LogP) is 5.33. The molecule has 1 saturated heterocycles. The fraction of sp³-hybridized carbons (Fsp3) is 0.192. The van der Waals surface area contributed by atoms with Crippen LogP contribution in [0.2, 0.25) is 5.02 Å². The zero-order valence-corrected chi connectivity index (χ0v) is 21.2. The number of aromatic nitrogens is 3. The Hall–Kier alpha value is -3.44. The van der Waals surface area contributed by atoms with Gasteiger partial charge >= 0.3 is 0 Å². The van der Waals surface area contributed by atoms with Crippen molar-refractivity contribution < 1.29 is 14.2 Å². The lowest BCUT2D eigenvalue weighted by atomic mass is 10.1. The SMILES string of the molecule is OCCN1CC(Nc2nccc(-c3cnccc3Oc3ccc(NSc4ccccc4Cl)cc3F)n2)C1. The van der Waals surface area contributed by atoms with Gasteiger partial charge in [0.05, 0.1) is 28.9 Å². The van der Waals surface area contributed by atoms with Crippen molar-refractivity contribution in [2.75, 3.05) is 36.3 Å². The van der Waals surface area contributed by atoms with Gasteiger partial charge in [0.15, 0.2) is 11.6 Å². The molecule has 1 fully saturated rings. The van der Waals surface area contributed by atoms with Crippen LogP contribution in [0.4, 0.5) is 16.0 Å². The monoisotopic (exact) mass is 538 g/mol. The predicted molar refractivity (Wildman–Crippen MR) is 144 cm³/mol. The summed E-state index contributed by atoms with van der Waals surface area (Å²) in [5, 5.41) is 13.0. The van der Waals surface area contributed by atoms with E-state index >= 15 is 0 Å². The highest BCUT2D eigenvalue weighted by Gasteiger charge is 2.26. The summed E-state index contributed by atoms with van der Waals surface area (Å²) in [6.45, 7) is 2.43. The Labute approximate surface area is 223 Å². The summed E-state index contributed by atoms with van der Waals surface area (Å²) in [6.07, 6.45) is 4.86. The molecule has 37 heavy (non-hydrogen) atoms. The molecule has 1 aliphatic rings. The van der Waals surface area contributed by atoms with Crippen LogP contribution in [0, 0.1) is 5.82 Å². The summed E-state index contributed by atoms with van der Waals surface area (Å²) in [6, 6.07) is 15.7. The fourth-order valence-electron chi connectivity index (χ4n) is 3.82. The Balaban J connectivity index is 1.28. The minimum atomic E-state index is -0.519. The minimum absolute atomic E-state index is 0.0755. The molecule has 5 rings (SSSR count). The van der Waals surface area contributed by atoms with E-state index in [2.05, 4.69) is 29.9 Å². The van der Waals surface area contributed by atoms with Gasteiger partial charge in [-0.15, -0.1) is 0 Å². The molecule has 0 aliphatic carbocycles. The summed E-state index contributed by atoms with van der Waals surface area (Å²) in [4.78, 5) is 16.1. The van der Waals surface area contributed by atoms with Crippen molar-refractivity contribution in [1.82, 2.24) is 19.9 Å². The molecule has 2 aromatic carbocycles. The van der Waals surface area contributed by atoms with Crippen molar-refractivity contribution in [2.45, 2.75) is 10.9 Å². The number of rotatable bonds is 10. The molecule has 1 aliphatic heterocycles. The van der Waals surface area contributed by atoms with Crippen molar-refractivity contribution in [2.24, 2.45) is 0 Å². The molecule has 0 radical (unpaired) electrons. The minimum Gasteiger partial charge on any atom is -0.453 e. The molecule has 0 atom stereocenters. The van der Waals surface area contributed by atoms with E-state index in [9.17, 15) is 4.39 Å². The quantitative estimate of drug-likeness (QED) is 0.231. The van der Waals surface area contributed by atoms with E-state index in [4.69, 9.17) is 21.4 Å². The van der Waals surface area contributed by atoms with Gasteiger partial charge in [0, 0.05) is 54.9 Å². The van der Waals surface area contributed by atoms with E-state index in [0.717, 1.165) is 18.0 Å². The first kappa shape index (κ1) is 25.2. The third-order valence-electron chi connectivity index (χ3n) is 5.69. The maximum atomic E-state index is 14.9. The van der Waals surface area contributed by atoms with E-state index in [-0.39, 0.29) is 18.4 Å². The number of ether oxygens (including phenoxy) is 1. The van der Waals surface area contributed by atoms with Gasteiger partial charge in [-0.05, 0) is 48.3 Å².